The lowest BCUT2D eigenvalue weighted by molar-refractivity contribution is -0.200. The molecule has 2 rings (SSSR count). The molecule has 0 aliphatic rings. The van der Waals surface area contributed by atoms with Crippen molar-refractivity contribution in [3.05, 3.63) is 64.7 Å². The summed E-state index contributed by atoms with van der Waals surface area (Å²) in [6.07, 6.45) is -11.8. The number of hydrogen-bond acceptors (Lipinski definition) is 2. The second kappa shape index (κ2) is 8.29. The predicted molar refractivity (Wildman–Crippen MR) is 96.7 cm³/mol. The average molecular weight is 456 g/mol. The highest BCUT2D eigenvalue weighted by molar-refractivity contribution is 5.41. The number of halogens is 8. The van der Waals surface area contributed by atoms with Gasteiger partial charge >= 0.3 is 12.4 Å². The molecule has 2 aromatic rings. The van der Waals surface area contributed by atoms with Gasteiger partial charge in [0.05, 0.1) is 23.7 Å². The first-order valence-corrected chi connectivity index (χ1v) is 8.99. The van der Waals surface area contributed by atoms with Crippen molar-refractivity contribution >= 4 is 0 Å². The Morgan fingerprint density at radius 3 is 2.03 bits per heavy atom. The standard InChI is InChI=1S/C21H20F8O2/c1-18(30,10-12-8-13(20(24,25)26)4-6-16(12)23)11-19(2,21(27,28)29)15-9-14(22)5-7-17(15)31-3/h4-9,30H,10-11H2,1-3H3. The summed E-state index contributed by atoms with van der Waals surface area (Å²) in [5, 5.41) is 10.7. The third kappa shape index (κ3) is 5.47. The van der Waals surface area contributed by atoms with Crippen LogP contribution < -0.4 is 4.74 Å². The van der Waals surface area contributed by atoms with E-state index in [-0.39, 0.29) is 5.75 Å². The topological polar surface area (TPSA) is 29.5 Å². The van der Waals surface area contributed by atoms with Crippen LogP contribution in [0.2, 0.25) is 0 Å². The Bertz CT molecular complexity index is 934. The Labute approximate surface area is 173 Å². The van der Waals surface area contributed by atoms with Crippen molar-refractivity contribution in [1.29, 1.82) is 0 Å². The third-order valence-electron chi connectivity index (χ3n) is 5.06. The fraction of sp³-hybridized carbons (Fsp3) is 0.429. The number of hydrogen-bond donors (Lipinski definition) is 1. The van der Waals surface area contributed by atoms with Gasteiger partial charge in [-0.15, -0.1) is 0 Å². The van der Waals surface area contributed by atoms with Crippen LogP contribution in [-0.2, 0) is 18.0 Å². The molecule has 2 aromatic carbocycles. The zero-order valence-corrected chi connectivity index (χ0v) is 16.8. The van der Waals surface area contributed by atoms with Gasteiger partial charge in [0.2, 0.25) is 0 Å². The molecule has 0 aliphatic carbocycles. The van der Waals surface area contributed by atoms with Crippen LogP contribution in [0.4, 0.5) is 35.1 Å². The summed E-state index contributed by atoms with van der Waals surface area (Å²) in [5.74, 6) is -2.37. The number of aliphatic hydroxyl groups is 1. The molecule has 0 amide bonds. The van der Waals surface area contributed by atoms with Crippen LogP contribution in [0.3, 0.4) is 0 Å². The molecule has 0 bridgehead atoms. The minimum absolute atomic E-state index is 0.290. The van der Waals surface area contributed by atoms with E-state index in [0.717, 1.165) is 26.2 Å². The zero-order chi connectivity index (χ0) is 23.8. The van der Waals surface area contributed by atoms with Crippen molar-refractivity contribution in [1.82, 2.24) is 0 Å². The van der Waals surface area contributed by atoms with Gasteiger partial charge in [0.25, 0.3) is 0 Å². The monoisotopic (exact) mass is 456 g/mol. The molecule has 172 valence electrons. The highest BCUT2D eigenvalue weighted by Gasteiger charge is 2.56. The van der Waals surface area contributed by atoms with Gasteiger partial charge in [-0.2, -0.15) is 26.3 Å². The number of alkyl halides is 6. The lowest BCUT2D eigenvalue weighted by Crippen LogP contribution is -2.47. The summed E-state index contributed by atoms with van der Waals surface area (Å²) in [6.45, 7) is 1.66. The van der Waals surface area contributed by atoms with Crippen LogP contribution in [0.5, 0.6) is 5.75 Å². The van der Waals surface area contributed by atoms with E-state index in [1.54, 1.807) is 0 Å². The fourth-order valence-electron chi connectivity index (χ4n) is 3.58. The molecule has 0 fully saturated rings. The van der Waals surface area contributed by atoms with Crippen LogP contribution in [0.15, 0.2) is 36.4 Å². The maximum Gasteiger partial charge on any atom is 0.416 e. The van der Waals surface area contributed by atoms with Crippen molar-refractivity contribution in [3.63, 3.8) is 0 Å². The molecule has 0 saturated carbocycles. The van der Waals surface area contributed by atoms with Gasteiger partial charge in [-0.25, -0.2) is 8.78 Å². The summed E-state index contributed by atoms with van der Waals surface area (Å²) in [5.41, 5.74) is -7.58. The van der Waals surface area contributed by atoms with Gasteiger partial charge in [0, 0.05) is 12.0 Å². The van der Waals surface area contributed by atoms with Crippen LogP contribution in [0.1, 0.15) is 37.0 Å². The van der Waals surface area contributed by atoms with Crippen LogP contribution >= 0.6 is 0 Å². The second-order valence-corrected chi connectivity index (χ2v) is 7.83. The molecule has 0 spiro atoms. The molecule has 1 N–H and O–H groups in total. The molecule has 10 heteroatoms. The molecule has 0 aliphatic heterocycles. The number of methoxy groups -OCH3 is 1. The normalized spacial score (nSPS) is 16.5. The van der Waals surface area contributed by atoms with E-state index in [0.29, 0.717) is 31.2 Å². The first-order valence-electron chi connectivity index (χ1n) is 8.99. The highest BCUT2D eigenvalue weighted by Crippen LogP contribution is 2.49. The number of benzene rings is 2. The minimum atomic E-state index is -5.01. The van der Waals surface area contributed by atoms with Crippen molar-refractivity contribution in [3.8, 4) is 5.75 Å². The molecule has 2 atom stereocenters. The van der Waals surface area contributed by atoms with Gasteiger partial charge in [0.15, 0.2) is 0 Å². The van der Waals surface area contributed by atoms with Crippen LogP contribution in [0.25, 0.3) is 0 Å². The summed E-state index contributed by atoms with van der Waals surface area (Å²) in [6, 6.07) is 3.98. The Hall–Kier alpha value is -2.36. The van der Waals surface area contributed by atoms with E-state index in [1.807, 2.05) is 0 Å². The van der Waals surface area contributed by atoms with E-state index in [9.17, 15) is 40.2 Å². The maximum atomic E-state index is 14.1. The maximum absolute atomic E-state index is 14.1. The van der Waals surface area contributed by atoms with E-state index in [2.05, 4.69) is 0 Å². The molecule has 0 heterocycles. The quantitative estimate of drug-likeness (QED) is 0.525. The molecule has 0 saturated heterocycles. The van der Waals surface area contributed by atoms with Crippen molar-refractivity contribution in [2.24, 2.45) is 0 Å². The van der Waals surface area contributed by atoms with Crippen molar-refractivity contribution < 1.29 is 45.0 Å². The van der Waals surface area contributed by atoms with Gasteiger partial charge in [0.1, 0.15) is 17.4 Å². The second-order valence-electron chi connectivity index (χ2n) is 7.83. The van der Waals surface area contributed by atoms with Gasteiger partial charge in [-0.3, -0.25) is 0 Å². The average Bonchev–Trinajstić information content (AvgIpc) is 2.61. The Morgan fingerprint density at radius 1 is 0.903 bits per heavy atom. The third-order valence-corrected chi connectivity index (χ3v) is 5.06. The summed E-state index contributed by atoms with van der Waals surface area (Å²) < 4.78 is 114. The van der Waals surface area contributed by atoms with E-state index in [4.69, 9.17) is 4.74 Å². The zero-order valence-electron chi connectivity index (χ0n) is 16.8. The smallest absolute Gasteiger partial charge is 0.416 e. The SMILES string of the molecule is COc1ccc(F)cc1C(C)(CC(C)(O)Cc1cc(C(F)(F)F)ccc1F)C(F)(F)F. The Kier molecular flexibility index (Phi) is 6.66. The summed E-state index contributed by atoms with van der Waals surface area (Å²) in [4.78, 5) is 0. The molecule has 0 aromatic heterocycles. The first-order chi connectivity index (χ1) is 14.0. The molecular formula is C21H20F8O2. The van der Waals surface area contributed by atoms with Crippen LogP contribution in [0, 0.1) is 11.6 Å². The van der Waals surface area contributed by atoms with Gasteiger partial charge in [-0.05, 0) is 62.2 Å². The largest absolute Gasteiger partial charge is 0.496 e. The molecular weight excluding hydrogens is 436 g/mol. The highest BCUT2D eigenvalue weighted by atomic mass is 19.4. The van der Waals surface area contributed by atoms with Gasteiger partial charge < -0.3 is 9.84 Å². The van der Waals surface area contributed by atoms with Crippen LogP contribution in [-0.4, -0.2) is 24.0 Å². The first kappa shape index (κ1) is 24.9. The molecule has 31 heavy (non-hydrogen) atoms. The number of ether oxygens (including phenoxy) is 1. The number of rotatable bonds is 6. The molecule has 0 radical (unpaired) electrons. The lowest BCUT2D eigenvalue weighted by Gasteiger charge is -2.39. The van der Waals surface area contributed by atoms with E-state index in [1.165, 1.54) is 0 Å². The van der Waals surface area contributed by atoms with Crippen molar-refractivity contribution in [2.75, 3.05) is 7.11 Å². The van der Waals surface area contributed by atoms with E-state index >= 15 is 0 Å². The molecule has 2 unspecified atom stereocenters. The fourth-order valence-corrected chi connectivity index (χ4v) is 3.58. The predicted octanol–water partition coefficient (Wildman–Crippen LogP) is 6.20. The lowest BCUT2D eigenvalue weighted by atomic mass is 9.71. The Morgan fingerprint density at radius 2 is 1.52 bits per heavy atom. The summed E-state index contributed by atoms with van der Waals surface area (Å²) in [7, 11) is 1.09. The molecule has 2 nitrogen and oxygen atoms in total. The van der Waals surface area contributed by atoms with Crippen molar-refractivity contribution in [2.45, 2.75) is 50.1 Å². The van der Waals surface area contributed by atoms with E-state index < -0.39 is 64.5 Å². The minimum Gasteiger partial charge on any atom is -0.496 e. The Balaban J connectivity index is 2.50. The summed E-state index contributed by atoms with van der Waals surface area (Å²) >= 11 is 0. The van der Waals surface area contributed by atoms with Gasteiger partial charge in [-0.1, -0.05) is 0 Å².